The van der Waals surface area contributed by atoms with Crippen LogP contribution in [0.2, 0.25) is 0 Å². The van der Waals surface area contributed by atoms with E-state index in [0.717, 1.165) is 22.5 Å². The molecule has 1 saturated heterocycles. The first kappa shape index (κ1) is 23.8. The van der Waals surface area contributed by atoms with Crippen LogP contribution in [0.25, 0.3) is 11.1 Å². The lowest BCUT2D eigenvalue weighted by atomic mass is 10.0. The van der Waals surface area contributed by atoms with Gasteiger partial charge in [-0.1, -0.05) is 48.5 Å². The van der Waals surface area contributed by atoms with Crippen molar-refractivity contribution in [2.45, 2.75) is 25.4 Å². The Kier molecular flexibility index (Phi) is 6.88. The van der Waals surface area contributed by atoms with Crippen molar-refractivity contribution in [3.05, 3.63) is 83.9 Å². The Bertz CT molecular complexity index is 1230. The Balaban J connectivity index is 1.26. The van der Waals surface area contributed by atoms with Crippen molar-refractivity contribution in [3.63, 3.8) is 0 Å². The van der Waals surface area contributed by atoms with Crippen molar-refractivity contribution in [2.24, 2.45) is 0 Å². The van der Waals surface area contributed by atoms with Gasteiger partial charge in [0.2, 0.25) is 0 Å². The average Bonchev–Trinajstić information content (AvgIpc) is 3.46. The van der Waals surface area contributed by atoms with E-state index in [1.807, 2.05) is 60.4 Å². The Morgan fingerprint density at radius 1 is 0.944 bits per heavy atom. The highest BCUT2D eigenvalue weighted by molar-refractivity contribution is 5.90. The second-order valence-corrected chi connectivity index (χ2v) is 9.20. The first-order chi connectivity index (χ1) is 17.5. The molecule has 3 N–H and O–H groups in total. The molecule has 3 aromatic rings. The number of carbonyl (C=O) groups excluding carboxylic acids is 2. The average molecular weight is 487 g/mol. The number of benzene rings is 3. The van der Waals surface area contributed by atoms with Gasteiger partial charge < -0.3 is 20.1 Å². The zero-order valence-corrected chi connectivity index (χ0v) is 20.4. The number of hydrogen-bond acceptors (Lipinski definition) is 8. The summed E-state index contributed by atoms with van der Waals surface area (Å²) in [6.45, 7) is 3.15. The van der Waals surface area contributed by atoms with Crippen LogP contribution in [0, 0.1) is 6.92 Å². The lowest BCUT2D eigenvalue weighted by Gasteiger charge is -2.24. The maximum absolute atomic E-state index is 13.0. The van der Waals surface area contributed by atoms with Crippen LogP contribution in [0.15, 0.2) is 72.8 Å². The SMILES string of the molecule is COC(=O)CN1CC(NC2Nc3ccc(C)cc3N2)[C@@H](OC(=O)c2ccc(-c3ccccc3)cc2)C1. The Hall–Kier alpha value is -3.88. The molecule has 2 heterocycles. The van der Waals surface area contributed by atoms with E-state index >= 15 is 0 Å². The molecule has 36 heavy (non-hydrogen) atoms. The summed E-state index contributed by atoms with van der Waals surface area (Å²) in [5, 5.41) is 10.3. The quantitative estimate of drug-likeness (QED) is 0.438. The fourth-order valence-electron chi connectivity index (χ4n) is 4.69. The Morgan fingerprint density at radius 3 is 2.42 bits per heavy atom. The number of methoxy groups -OCH3 is 1. The van der Waals surface area contributed by atoms with E-state index in [0.29, 0.717) is 18.7 Å². The minimum absolute atomic E-state index is 0.138. The first-order valence-corrected chi connectivity index (χ1v) is 12.0. The zero-order chi connectivity index (χ0) is 25.1. The summed E-state index contributed by atoms with van der Waals surface area (Å²) >= 11 is 0. The van der Waals surface area contributed by atoms with Gasteiger partial charge in [-0.2, -0.15) is 0 Å². The van der Waals surface area contributed by atoms with E-state index in [-0.39, 0.29) is 24.8 Å². The van der Waals surface area contributed by atoms with Gasteiger partial charge in [0.15, 0.2) is 6.29 Å². The number of nitrogens with one attached hydrogen (secondary N) is 3. The number of aryl methyl sites for hydroxylation is 1. The summed E-state index contributed by atoms with van der Waals surface area (Å²) < 4.78 is 10.8. The number of carbonyl (C=O) groups is 2. The van der Waals surface area contributed by atoms with E-state index in [4.69, 9.17) is 9.47 Å². The summed E-state index contributed by atoms with van der Waals surface area (Å²) in [6, 6.07) is 23.4. The molecule has 0 saturated carbocycles. The molecule has 1 fully saturated rings. The highest BCUT2D eigenvalue weighted by Gasteiger charge is 2.38. The lowest BCUT2D eigenvalue weighted by Crippen LogP contribution is -2.51. The van der Waals surface area contributed by atoms with Gasteiger partial charge in [-0.15, -0.1) is 0 Å². The Morgan fingerprint density at radius 2 is 1.67 bits per heavy atom. The molecule has 0 amide bonds. The number of rotatable bonds is 7. The summed E-state index contributed by atoms with van der Waals surface area (Å²) in [5.74, 6) is -0.713. The monoisotopic (exact) mass is 486 g/mol. The fraction of sp³-hybridized carbons (Fsp3) is 0.286. The summed E-state index contributed by atoms with van der Waals surface area (Å²) in [5.41, 5.74) is 5.80. The highest BCUT2D eigenvalue weighted by atomic mass is 16.5. The fourth-order valence-corrected chi connectivity index (χ4v) is 4.69. The van der Waals surface area contributed by atoms with Crippen LogP contribution in [-0.4, -0.2) is 62.0 Å². The third-order valence-corrected chi connectivity index (χ3v) is 6.56. The molecule has 0 bridgehead atoms. The minimum Gasteiger partial charge on any atom is -0.468 e. The molecule has 8 heteroatoms. The summed E-state index contributed by atoms with van der Waals surface area (Å²) in [4.78, 5) is 26.9. The number of ether oxygens (including phenoxy) is 2. The van der Waals surface area contributed by atoms with Crippen LogP contribution in [0.3, 0.4) is 0 Å². The van der Waals surface area contributed by atoms with E-state index in [2.05, 4.69) is 28.1 Å². The predicted molar refractivity (Wildman–Crippen MR) is 139 cm³/mol. The van der Waals surface area contributed by atoms with E-state index in [1.165, 1.54) is 12.7 Å². The minimum atomic E-state index is -0.440. The molecule has 3 aromatic carbocycles. The molecule has 2 aliphatic heterocycles. The summed E-state index contributed by atoms with van der Waals surface area (Å²) in [6.07, 6.45) is -0.666. The van der Waals surface area contributed by atoms with Crippen LogP contribution >= 0.6 is 0 Å². The number of fused-ring (bicyclic) bond motifs is 1. The van der Waals surface area contributed by atoms with Crippen molar-refractivity contribution in [1.29, 1.82) is 0 Å². The number of esters is 2. The van der Waals surface area contributed by atoms with Gasteiger partial charge in [0, 0.05) is 13.1 Å². The molecule has 0 aliphatic carbocycles. The van der Waals surface area contributed by atoms with Gasteiger partial charge >= 0.3 is 11.9 Å². The van der Waals surface area contributed by atoms with Crippen LogP contribution in [0.5, 0.6) is 0 Å². The molecule has 2 unspecified atom stereocenters. The first-order valence-electron chi connectivity index (χ1n) is 12.0. The molecule has 2 aliphatic rings. The molecule has 186 valence electrons. The van der Waals surface area contributed by atoms with Crippen LogP contribution in [0.1, 0.15) is 15.9 Å². The second-order valence-electron chi connectivity index (χ2n) is 9.20. The normalized spacial score (nSPS) is 20.8. The topological polar surface area (TPSA) is 91.9 Å². The predicted octanol–water partition coefficient (Wildman–Crippen LogP) is 3.46. The molecule has 3 atom stereocenters. The van der Waals surface area contributed by atoms with Gasteiger partial charge in [-0.3, -0.25) is 15.0 Å². The molecule has 8 nitrogen and oxygen atoms in total. The number of likely N-dealkylation sites (tertiary alicyclic amines) is 1. The number of hydrogen-bond donors (Lipinski definition) is 3. The second kappa shape index (κ2) is 10.4. The standard InChI is InChI=1S/C28H30N4O4/c1-18-8-13-22-23(14-18)30-28(29-22)31-24-15-32(17-26(33)35-2)16-25(24)36-27(34)21-11-9-20(10-12-21)19-6-4-3-5-7-19/h3-14,24-25,28-31H,15-17H2,1-2H3/t24?,25-,28?/m0/s1. The van der Waals surface area contributed by atoms with E-state index in [9.17, 15) is 9.59 Å². The van der Waals surface area contributed by atoms with Crippen molar-refractivity contribution in [1.82, 2.24) is 10.2 Å². The van der Waals surface area contributed by atoms with Gasteiger partial charge in [0.25, 0.3) is 0 Å². The maximum Gasteiger partial charge on any atom is 0.338 e. The third-order valence-electron chi connectivity index (χ3n) is 6.56. The van der Waals surface area contributed by atoms with Crippen molar-refractivity contribution >= 4 is 23.3 Å². The van der Waals surface area contributed by atoms with Crippen LogP contribution in [0.4, 0.5) is 11.4 Å². The van der Waals surface area contributed by atoms with E-state index in [1.54, 1.807) is 12.1 Å². The molecular weight excluding hydrogens is 456 g/mol. The molecule has 0 radical (unpaired) electrons. The van der Waals surface area contributed by atoms with Crippen molar-refractivity contribution in [3.8, 4) is 11.1 Å². The van der Waals surface area contributed by atoms with Gasteiger partial charge in [-0.25, -0.2) is 4.79 Å². The van der Waals surface area contributed by atoms with E-state index < -0.39 is 12.1 Å². The molecule has 0 spiro atoms. The molecule has 5 rings (SSSR count). The molecular formula is C28H30N4O4. The van der Waals surface area contributed by atoms with Crippen molar-refractivity contribution in [2.75, 3.05) is 37.4 Å². The number of anilines is 2. The smallest absolute Gasteiger partial charge is 0.338 e. The van der Waals surface area contributed by atoms with Gasteiger partial charge in [0.1, 0.15) is 6.10 Å². The van der Waals surface area contributed by atoms with Gasteiger partial charge in [-0.05, 0) is 47.9 Å². The molecule has 0 aromatic heterocycles. The van der Waals surface area contributed by atoms with Crippen LogP contribution < -0.4 is 16.0 Å². The number of nitrogens with zero attached hydrogens (tertiary/aromatic N) is 1. The highest BCUT2D eigenvalue weighted by Crippen LogP contribution is 2.29. The maximum atomic E-state index is 13.0. The zero-order valence-electron chi connectivity index (χ0n) is 20.4. The van der Waals surface area contributed by atoms with Crippen LogP contribution in [-0.2, 0) is 14.3 Å². The largest absolute Gasteiger partial charge is 0.468 e. The third kappa shape index (κ3) is 5.35. The Labute approximate surface area is 210 Å². The van der Waals surface area contributed by atoms with Crippen molar-refractivity contribution < 1.29 is 19.1 Å². The van der Waals surface area contributed by atoms with Gasteiger partial charge in [0.05, 0.1) is 36.6 Å². The summed E-state index contributed by atoms with van der Waals surface area (Å²) in [7, 11) is 1.37. The lowest BCUT2D eigenvalue weighted by molar-refractivity contribution is -0.141.